The predicted octanol–water partition coefficient (Wildman–Crippen LogP) is 1.88. The molecule has 27 heavy (non-hydrogen) atoms. The van der Waals surface area contributed by atoms with Crippen molar-refractivity contribution in [3.8, 4) is 5.75 Å². The van der Waals surface area contributed by atoms with Crippen LogP contribution < -0.4 is 20.7 Å². The molecular formula is C20H31N3O4. The van der Waals surface area contributed by atoms with Gasteiger partial charge in [0.25, 0.3) is 0 Å². The quantitative estimate of drug-likeness (QED) is 0.675. The number of hydrogen-bond donors (Lipinski definition) is 3. The van der Waals surface area contributed by atoms with Gasteiger partial charge in [-0.2, -0.15) is 0 Å². The summed E-state index contributed by atoms with van der Waals surface area (Å²) in [5.41, 5.74) is 2.12. The number of rotatable bonds is 7. The molecule has 150 valence electrons. The van der Waals surface area contributed by atoms with Crippen LogP contribution in [0.2, 0.25) is 0 Å². The van der Waals surface area contributed by atoms with E-state index in [1.54, 1.807) is 21.0 Å². The zero-order valence-electron chi connectivity index (χ0n) is 16.7. The Morgan fingerprint density at radius 1 is 1.30 bits per heavy atom. The van der Waals surface area contributed by atoms with Gasteiger partial charge in [0.15, 0.2) is 0 Å². The molecule has 3 N–H and O–H groups in total. The maximum Gasteiger partial charge on any atom is 0.321 e. The molecule has 7 heteroatoms. The van der Waals surface area contributed by atoms with Crippen LogP contribution in [0, 0.1) is 6.92 Å². The SMILES string of the molecule is CCNC(=O)NC(=O)C(C)NCC1(c2cc(C)ccc2OC)CCOCC1. The van der Waals surface area contributed by atoms with Crippen LogP contribution in [0.5, 0.6) is 5.75 Å². The number of ether oxygens (including phenoxy) is 2. The monoisotopic (exact) mass is 377 g/mol. The van der Waals surface area contributed by atoms with Crippen molar-refractivity contribution in [3.63, 3.8) is 0 Å². The standard InChI is InChI=1S/C20H31N3O4/c1-5-21-19(25)23-18(24)15(3)22-13-20(8-10-27-11-9-20)16-12-14(2)6-7-17(16)26-4/h6-7,12,15,22H,5,8-11,13H2,1-4H3,(H2,21,23,24,25). The van der Waals surface area contributed by atoms with Gasteiger partial charge in [0.1, 0.15) is 5.75 Å². The molecule has 0 saturated carbocycles. The average molecular weight is 377 g/mol. The topological polar surface area (TPSA) is 88.7 Å². The van der Waals surface area contributed by atoms with Crippen LogP contribution in [0.1, 0.15) is 37.8 Å². The summed E-state index contributed by atoms with van der Waals surface area (Å²) in [7, 11) is 1.68. The molecule has 0 aliphatic carbocycles. The summed E-state index contributed by atoms with van der Waals surface area (Å²) in [6, 6.07) is 5.21. The molecule has 1 heterocycles. The highest BCUT2D eigenvalue weighted by molar-refractivity contribution is 5.96. The van der Waals surface area contributed by atoms with Gasteiger partial charge in [0.05, 0.1) is 13.2 Å². The second-order valence-electron chi connectivity index (χ2n) is 7.05. The lowest BCUT2D eigenvalue weighted by atomic mass is 9.73. The summed E-state index contributed by atoms with van der Waals surface area (Å²) in [6.07, 6.45) is 1.68. The van der Waals surface area contributed by atoms with Crippen molar-refractivity contribution in [1.29, 1.82) is 0 Å². The summed E-state index contributed by atoms with van der Waals surface area (Å²) >= 11 is 0. The molecule has 1 atom stereocenters. The number of urea groups is 1. The van der Waals surface area contributed by atoms with Gasteiger partial charge in [-0.1, -0.05) is 17.7 Å². The van der Waals surface area contributed by atoms with E-state index in [1.807, 2.05) is 12.1 Å². The van der Waals surface area contributed by atoms with E-state index in [4.69, 9.17) is 9.47 Å². The first-order chi connectivity index (χ1) is 12.9. The predicted molar refractivity (Wildman–Crippen MR) is 104 cm³/mol. The first kappa shape index (κ1) is 21.2. The molecule has 1 aliphatic heterocycles. The van der Waals surface area contributed by atoms with Crippen molar-refractivity contribution in [2.45, 2.75) is 45.1 Å². The fraction of sp³-hybridized carbons (Fsp3) is 0.600. The van der Waals surface area contributed by atoms with Gasteiger partial charge >= 0.3 is 6.03 Å². The van der Waals surface area contributed by atoms with E-state index in [9.17, 15) is 9.59 Å². The fourth-order valence-electron chi connectivity index (χ4n) is 3.41. The lowest BCUT2D eigenvalue weighted by Crippen LogP contribution is -2.52. The molecule has 1 saturated heterocycles. The molecule has 1 aromatic carbocycles. The van der Waals surface area contributed by atoms with Crippen LogP contribution in [0.3, 0.4) is 0 Å². The molecule has 1 fully saturated rings. The third-order valence-electron chi connectivity index (χ3n) is 5.09. The number of methoxy groups -OCH3 is 1. The first-order valence-electron chi connectivity index (χ1n) is 9.47. The fourth-order valence-corrected chi connectivity index (χ4v) is 3.41. The molecule has 7 nitrogen and oxygen atoms in total. The number of imide groups is 1. The zero-order chi connectivity index (χ0) is 19.9. The van der Waals surface area contributed by atoms with Gasteiger partial charge < -0.3 is 20.1 Å². The van der Waals surface area contributed by atoms with Crippen molar-refractivity contribution in [1.82, 2.24) is 16.0 Å². The minimum atomic E-state index is -0.497. The van der Waals surface area contributed by atoms with E-state index >= 15 is 0 Å². The molecule has 1 aliphatic rings. The number of nitrogens with one attached hydrogen (secondary N) is 3. The van der Waals surface area contributed by atoms with E-state index < -0.39 is 12.1 Å². The van der Waals surface area contributed by atoms with Gasteiger partial charge in [-0.25, -0.2) is 4.79 Å². The number of aryl methyl sites for hydroxylation is 1. The van der Waals surface area contributed by atoms with E-state index in [-0.39, 0.29) is 11.3 Å². The van der Waals surface area contributed by atoms with Crippen LogP contribution in [-0.2, 0) is 14.9 Å². The maximum absolute atomic E-state index is 12.2. The Morgan fingerprint density at radius 3 is 2.63 bits per heavy atom. The van der Waals surface area contributed by atoms with E-state index in [0.717, 1.165) is 24.2 Å². The summed E-state index contributed by atoms with van der Waals surface area (Å²) in [6.45, 7) is 8.02. The Morgan fingerprint density at radius 2 is 2.00 bits per heavy atom. The van der Waals surface area contributed by atoms with E-state index in [1.165, 1.54) is 5.56 Å². The van der Waals surface area contributed by atoms with Gasteiger partial charge in [0.2, 0.25) is 5.91 Å². The zero-order valence-corrected chi connectivity index (χ0v) is 16.7. The number of carbonyl (C=O) groups is 2. The summed E-state index contributed by atoms with van der Waals surface area (Å²) < 4.78 is 11.2. The van der Waals surface area contributed by atoms with Crippen molar-refractivity contribution in [3.05, 3.63) is 29.3 Å². The smallest absolute Gasteiger partial charge is 0.321 e. The Kier molecular flexibility index (Phi) is 7.62. The third kappa shape index (κ3) is 5.43. The number of hydrogen-bond acceptors (Lipinski definition) is 5. The first-order valence-corrected chi connectivity index (χ1v) is 9.47. The molecule has 2 rings (SSSR count). The molecule has 1 aromatic rings. The third-order valence-corrected chi connectivity index (χ3v) is 5.09. The number of amides is 3. The van der Waals surface area contributed by atoms with Gasteiger partial charge in [0, 0.05) is 37.3 Å². The second-order valence-corrected chi connectivity index (χ2v) is 7.05. The maximum atomic E-state index is 12.2. The second kappa shape index (κ2) is 9.71. The van der Waals surface area contributed by atoms with Crippen molar-refractivity contribution in [2.24, 2.45) is 0 Å². The van der Waals surface area contributed by atoms with Gasteiger partial charge in [-0.15, -0.1) is 0 Å². The minimum absolute atomic E-state index is 0.185. The Balaban J connectivity index is 2.14. The summed E-state index contributed by atoms with van der Waals surface area (Å²) in [4.78, 5) is 23.8. The Labute approximate surface area is 161 Å². The Bertz CT molecular complexity index is 657. The molecule has 0 spiro atoms. The molecule has 0 aromatic heterocycles. The lowest BCUT2D eigenvalue weighted by molar-refractivity contribution is -0.121. The van der Waals surface area contributed by atoms with Crippen molar-refractivity contribution < 1.29 is 19.1 Å². The highest BCUT2D eigenvalue weighted by atomic mass is 16.5. The number of carbonyl (C=O) groups excluding carboxylic acids is 2. The molecule has 0 bridgehead atoms. The van der Waals surface area contributed by atoms with Crippen LogP contribution in [0.15, 0.2) is 18.2 Å². The van der Waals surface area contributed by atoms with Crippen LogP contribution in [0.4, 0.5) is 4.79 Å². The van der Waals surface area contributed by atoms with E-state index in [0.29, 0.717) is 26.3 Å². The van der Waals surface area contributed by atoms with Gasteiger partial charge in [-0.05, 0) is 39.7 Å². The van der Waals surface area contributed by atoms with Crippen LogP contribution in [0.25, 0.3) is 0 Å². The number of benzene rings is 1. The van der Waals surface area contributed by atoms with Crippen LogP contribution in [-0.4, -0.2) is 51.4 Å². The minimum Gasteiger partial charge on any atom is -0.496 e. The van der Waals surface area contributed by atoms with Gasteiger partial charge in [-0.3, -0.25) is 10.1 Å². The summed E-state index contributed by atoms with van der Waals surface area (Å²) in [5, 5.41) is 8.22. The summed E-state index contributed by atoms with van der Waals surface area (Å²) in [5.74, 6) is 0.503. The highest BCUT2D eigenvalue weighted by Gasteiger charge is 2.37. The Hall–Kier alpha value is -2.12. The van der Waals surface area contributed by atoms with Crippen LogP contribution >= 0.6 is 0 Å². The molecular weight excluding hydrogens is 346 g/mol. The lowest BCUT2D eigenvalue weighted by Gasteiger charge is -2.39. The normalized spacial score (nSPS) is 17.0. The largest absolute Gasteiger partial charge is 0.496 e. The van der Waals surface area contributed by atoms with Crippen molar-refractivity contribution in [2.75, 3.05) is 33.4 Å². The molecule has 0 radical (unpaired) electrons. The van der Waals surface area contributed by atoms with Crippen molar-refractivity contribution >= 4 is 11.9 Å². The van der Waals surface area contributed by atoms with E-state index in [2.05, 4.69) is 28.9 Å². The average Bonchev–Trinajstić information content (AvgIpc) is 2.67. The molecule has 1 unspecified atom stereocenters. The molecule has 3 amide bonds. The highest BCUT2D eigenvalue weighted by Crippen LogP contribution is 2.40.